The number of carbonyl (C=O) groups is 1. The van der Waals surface area contributed by atoms with Gasteiger partial charge in [0.15, 0.2) is 9.84 Å². The Morgan fingerprint density at radius 1 is 1.42 bits per heavy atom. The number of amides is 1. The van der Waals surface area contributed by atoms with E-state index in [0.717, 1.165) is 12.8 Å². The number of aromatic nitrogens is 2. The highest BCUT2D eigenvalue weighted by atomic mass is 35.5. The molecule has 2 atom stereocenters. The number of piperidine rings is 1. The lowest BCUT2D eigenvalue weighted by molar-refractivity contribution is 0.102. The number of halogens is 1. The van der Waals surface area contributed by atoms with Crippen LogP contribution in [0.15, 0.2) is 47.9 Å². The summed E-state index contributed by atoms with van der Waals surface area (Å²) in [5, 5.41) is 17.9. The van der Waals surface area contributed by atoms with E-state index in [1.54, 1.807) is 12.1 Å². The van der Waals surface area contributed by atoms with Gasteiger partial charge in [-0.05, 0) is 57.4 Å². The zero-order valence-corrected chi connectivity index (χ0v) is 20.4. The molecule has 1 fully saturated rings. The highest BCUT2D eigenvalue weighted by molar-refractivity contribution is 7.92. The number of nitrogens with zero attached hydrogens (tertiary/aromatic N) is 2. The molecule has 1 aromatic carbocycles. The fourth-order valence-electron chi connectivity index (χ4n) is 3.77. The third kappa shape index (κ3) is 6.57. The van der Waals surface area contributed by atoms with Crippen molar-refractivity contribution in [1.82, 2.24) is 15.1 Å². The molecule has 9 nitrogen and oxygen atoms in total. The Morgan fingerprint density at radius 3 is 2.85 bits per heavy atom. The van der Waals surface area contributed by atoms with E-state index in [2.05, 4.69) is 22.1 Å². The predicted octanol–water partition coefficient (Wildman–Crippen LogP) is 2.86. The molecule has 0 spiro atoms. The predicted molar refractivity (Wildman–Crippen MR) is 129 cm³/mol. The topological polar surface area (TPSA) is 125 Å². The highest BCUT2D eigenvalue weighted by Crippen LogP contribution is 2.26. The number of aromatic amines is 1. The number of ether oxygens (including phenoxy) is 1. The summed E-state index contributed by atoms with van der Waals surface area (Å²) in [6, 6.07) is 7.47. The van der Waals surface area contributed by atoms with Crippen molar-refractivity contribution in [1.29, 1.82) is 0 Å². The molecule has 2 unspecified atom stereocenters. The van der Waals surface area contributed by atoms with Gasteiger partial charge in [0.05, 0.1) is 11.0 Å². The Hall–Kier alpha value is -2.40. The second-order valence-corrected chi connectivity index (χ2v) is 10.2. The molecule has 1 aliphatic rings. The van der Waals surface area contributed by atoms with E-state index in [9.17, 15) is 18.3 Å². The van der Waals surface area contributed by atoms with Crippen LogP contribution >= 0.6 is 12.4 Å². The van der Waals surface area contributed by atoms with Gasteiger partial charge in [-0.25, -0.2) is 8.42 Å². The maximum Gasteiger partial charge on any atom is 0.256 e. The molecule has 11 heteroatoms. The molecule has 3 rings (SSSR count). The Bertz CT molecular complexity index is 1060. The highest BCUT2D eigenvalue weighted by Gasteiger charge is 2.33. The van der Waals surface area contributed by atoms with E-state index in [0.29, 0.717) is 24.8 Å². The van der Waals surface area contributed by atoms with Crippen LogP contribution in [0.1, 0.15) is 37.0 Å². The van der Waals surface area contributed by atoms with Crippen LogP contribution in [0.4, 0.5) is 5.82 Å². The van der Waals surface area contributed by atoms with Crippen molar-refractivity contribution in [2.45, 2.75) is 43.1 Å². The largest absolute Gasteiger partial charge is 0.474 e. The average Bonchev–Trinajstić information content (AvgIpc) is 3.20. The van der Waals surface area contributed by atoms with Gasteiger partial charge in [-0.1, -0.05) is 12.1 Å². The number of likely N-dealkylation sites (tertiary alicyclic amines) is 1. The van der Waals surface area contributed by atoms with Crippen molar-refractivity contribution in [3.63, 3.8) is 0 Å². The Morgan fingerprint density at radius 2 is 2.18 bits per heavy atom. The lowest BCUT2D eigenvalue weighted by atomic mass is 9.99. The molecule has 0 aliphatic carbocycles. The maximum atomic E-state index is 13.4. The zero-order valence-electron chi connectivity index (χ0n) is 18.7. The second-order valence-electron chi connectivity index (χ2n) is 8.13. The summed E-state index contributed by atoms with van der Waals surface area (Å²) in [5.74, 6) is 0.252. The van der Waals surface area contributed by atoms with E-state index in [4.69, 9.17) is 4.74 Å². The number of aliphatic hydroxyl groups is 1. The first-order chi connectivity index (χ1) is 15.2. The SMILES string of the molecule is C=CC(N1CCCC(CO)C1)S(=O)(=O)c1cccc(C(=O)Nc2cc(OC(C)C)n[nH]2)c1.Cl. The molecule has 2 aromatic rings. The molecule has 3 N–H and O–H groups in total. The van der Waals surface area contributed by atoms with Crippen LogP contribution in [0, 0.1) is 5.92 Å². The first-order valence-corrected chi connectivity index (χ1v) is 12.1. The Kier molecular flexibility index (Phi) is 9.47. The number of nitrogens with one attached hydrogen (secondary N) is 2. The van der Waals surface area contributed by atoms with E-state index >= 15 is 0 Å². The lowest BCUT2D eigenvalue weighted by Crippen LogP contribution is -2.46. The second kappa shape index (κ2) is 11.6. The summed E-state index contributed by atoms with van der Waals surface area (Å²) in [6.07, 6.45) is 3.02. The van der Waals surface area contributed by atoms with Gasteiger partial charge in [0.2, 0.25) is 5.88 Å². The number of carbonyl (C=O) groups excluding carboxylic acids is 1. The minimum absolute atomic E-state index is 0. The van der Waals surface area contributed by atoms with E-state index in [-0.39, 0.29) is 41.5 Å². The first kappa shape index (κ1) is 26.8. The van der Waals surface area contributed by atoms with E-state index in [1.807, 2.05) is 18.7 Å². The van der Waals surface area contributed by atoms with Crippen LogP contribution in [-0.4, -0.2) is 65.7 Å². The van der Waals surface area contributed by atoms with Gasteiger partial charge in [0.1, 0.15) is 11.2 Å². The lowest BCUT2D eigenvalue weighted by Gasteiger charge is -2.36. The summed E-state index contributed by atoms with van der Waals surface area (Å²) < 4.78 is 32.2. The normalized spacial score (nSPS) is 17.8. The number of H-pyrrole nitrogens is 1. The molecule has 2 heterocycles. The quantitative estimate of drug-likeness (QED) is 0.454. The molecule has 0 saturated carbocycles. The number of anilines is 1. The monoisotopic (exact) mass is 498 g/mol. The molecule has 1 aromatic heterocycles. The van der Waals surface area contributed by atoms with Gasteiger partial charge in [-0.3, -0.25) is 14.8 Å². The summed E-state index contributed by atoms with van der Waals surface area (Å²) in [7, 11) is -3.81. The number of hydrogen-bond donors (Lipinski definition) is 3. The fraction of sp³-hybridized carbons (Fsp3) is 0.455. The van der Waals surface area contributed by atoms with Crippen LogP contribution in [0.5, 0.6) is 5.88 Å². The molecule has 1 amide bonds. The number of rotatable bonds is 9. The molecule has 33 heavy (non-hydrogen) atoms. The van der Waals surface area contributed by atoms with Gasteiger partial charge in [-0.2, -0.15) is 0 Å². The number of hydrogen-bond acceptors (Lipinski definition) is 7. The van der Waals surface area contributed by atoms with Gasteiger partial charge in [0.25, 0.3) is 5.91 Å². The minimum Gasteiger partial charge on any atom is -0.474 e. The summed E-state index contributed by atoms with van der Waals surface area (Å²) in [4.78, 5) is 14.6. The molecule has 0 bridgehead atoms. The molecule has 1 aliphatic heterocycles. The summed E-state index contributed by atoms with van der Waals surface area (Å²) in [5.41, 5.74) is 0.196. The fourth-order valence-corrected chi connectivity index (χ4v) is 5.44. The van der Waals surface area contributed by atoms with Crippen molar-refractivity contribution in [3.8, 4) is 5.88 Å². The summed E-state index contributed by atoms with van der Waals surface area (Å²) >= 11 is 0. The average molecular weight is 499 g/mol. The van der Waals surface area contributed by atoms with Crippen molar-refractivity contribution in [2.75, 3.05) is 25.0 Å². The third-order valence-electron chi connectivity index (χ3n) is 5.27. The van der Waals surface area contributed by atoms with Crippen molar-refractivity contribution >= 4 is 34.0 Å². The maximum absolute atomic E-state index is 13.4. The van der Waals surface area contributed by atoms with Crippen LogP contribution in [0.3, 0.4) is 0 Å². The van der Waals surface area contributed by atoms with Gasteiger partial charge >= 0.3 is 0 Å². The molecular formula is C22H31ClN4O5S. The van der Waals surface area contributed by atoms with E-state index in [1.165, 1.54) is 24.3 Å². The van der Waals surface area contributed by atoms with Gasteiger partial charge < -0.3 is 15.2 Å². The standard InChI is InChI=1S/C22H30N4O5S.ClH/c1-4-21(26-10-6-7-16(13-26)14-27)32(29,30)18-9-5-8-17(11-18)22(28)23-19-12-20(25-24-19)31-15(2)3;/h4-5,8-9,11-12,15-16,21,27H,1,6-7,10,13-14H2,2-3H3,(H2,23,24,25,28);1H. The molecular weight excluding hydrogens is 468 g/mol. The minimum atomic E-state index is -3.81. The van der Waals surface area contributed by atoms with Crippen LogP contribution in [0.25, 0.3) is 0 Å². The first-order valence-electron chi connectivity index (χ1n) is 10.6. The van der Waals surface area contributed by atoms with Crippen LogP contribution in [-0.2, 0) is 9.84 Å². The van der Waals surface area contributed by atoms with Crippen molar-refractivity contribution < 1.29 is 23.1 Å². The van der Waals surface area contributed by atoms with Crippen molar-refractivity contribution in [3.05, 3.63) is 48.6 Å². The smallest absolute Gasteiger partial charge is 0.256 e. The Labute approximate surface area is 200 Å². The van der Waals surface area contributed by atoms with E-state index < -0.39 is 21.1 Å². The van der Waals surface area contributed by atoms with Crippen molar-refractivity contribution in [2.24, 2.45) is 5.92 Å². The van der Waals surface area contributed by atoms with Crippen LogP contribution in [0.2, 0.25) is 0 Å². The molecule has 0 radical (unpaired) electrons. The van der Waals surface area contributed by atoms with Crippen LogP contribution < -0.4 is 10.1 Å². The molecule has 182 valence electrons. The third-order valence-corrected chi connectivity index (χ3v) is 7.31. The van der Waals surface area contributed by atoms with Gasteiger partial charge in [0, 0.05) is 24.8 Å². The number of sulfone groups is 1. The number of benzene rings is 1. The summed E-state index contributed by atoms with van der Waals surface area (Å²) in [6.45, 7) is 8.56. The number of aliphatic hydroxyl groups excluding tert-OH is 1. The molecule has 1 saturated heterocycles. The Balaban J connectivity index is 0.00000385. The van der Waals surface area contributed by atoms with Gasteiger partial charge in [-0.15, -0.1) is 24.1 Å². The zero-order chi connectivity index (χ0) is 23.3.